The fourth-order valence-electron chi connectivity index (χ4n) is 1.16. The van der Waals surface area contributed by atoms with E-state index in [1.165, 1.54) is 18.2 Å². The third-order valence-electron chi connectivity index (χ3n) is 2.01. The Labute approximate surface area is 94.3 Å². The zero-order valence-corrected chi connectivity index (χ0v) is 9.48. The van der Waals surface area contributed by atoms with Crippen molar-refractivity contribution in [2.24, 2.45) is 0 Å². The van der Waals surface area contributed by atoms with Crippen molar-refractivity contribution in [3.63, 3.8) is 0 Å². The van der Waals surface area contributed by atoms with Crippen molar-refractivity contribution in [1.82, 2.24) is 5.32 Å². The van der Waals surface area contributed by atoms with Gasteiger partial charge in [-0.1, -0.05) is 13.3 Å². The first-order chi connectivity index (χ1) is 7.15. The number of halogens is 1. The highest BCUT2D eigenvalue weighted by molar-refractivity contribution is 7.80. The Balaban J connectivity index is 2.68. The van der Waals surface area contributed by atoms with Crippen LogP contribution in [-0.4, -0.2) is 12.5 Å². The van der Waals surface area contributed by atoms with Crippen LogP contribution in [0, 0.1) is 5.82 Å². The van der Waals surface area contributed by atoms with Crippen LogP contribution < -0.4 is 5.32 Å². The maximum absolute atomic E-state index is 13.2. The van der Waals surface area contributed by atoms with Crippen LogP contribution in [0.5, 0.6) is 0 Å². The fraction of sp³-hybridized carbons (Fsp3) is 0.364. The van der Waals surface area contributed by atoms with E-state index < -0.39 is 5.82 Å². The van der Waals surface area contributed by atoms with Gasteiger partial charge in [0.1, 0.15) is 5.82 Å². The lowest BCUT2D eigenvalue weighted by Gasteiger charge is -2.05. The summed E-state index contributed by atoms with van der Waals surface area (Å²) < 4.78 is 13.2. The summed E-state index contributed by atoms with van der Waals surface area (Å²) in [6, 6.07) is 4.19. The summed E-state index contributed by atoms with van der Waals surface area (Å²) in [6.07, 6.45) is 1.89. The van der Waals surface area contributed by atoms with Crippen molar-refractivity contribution in [3.8, 4) is 0 Å². The molecule has 0 spiro atoms. The SMILES string of the molecule is CCCCNC(=O)c1cc(S)ccc1F. The molecule has 1 rings (SSSR count). The molecule has 82 valence electrons. The van der Waals surface area contributed by atoms with E-state index in [9.17, 15) is 9.18 Å². The average Bonchev–Trinajstić information content (AvgIpc) is 2.22. The predicted molar refractivity (Wildman–Crippen MR) is 60.9 cm³/mol. The van der Waals surface area contributed by atoms with Crippen LogP contribution in [0.15, 0.2) is 23.1 Å². The molecule has 1 amide bonds. The molecule has 0 aliphatic carbocycles. The van der Waals surface area contributed by atoms with Crippen molar-refractivity contribution in [3.05, 3.63) is 29.6 Å². The molecule has 0 bridgehead atoms. The van der Waals surface area contributed by atoms with Gasteiger partial charge in [-0.15, -0.1) is 12.6 Å². The standard InChI is InChI=1S/C11H14FNOS/c1-2-3-6-13-11(14)9-7-8(15)4-5-10(9)12/h4-5,7,15H,2-3,6H2,1H3,(H,13,14). The molecule has 1 aromatic carbocycles. The van der Waals surface area contributed by atoms with Crippen LogP contribution in [0.25, 0.3) is 0 Å². The van der Waals surface area contributed by atoms with Crippen LogP contribution >= 0.6 is 12.6 Å². The average molecular weight is 227 g/mol. The number of carbonyl (C=O) groups excluding carboxylic acids is 1. The highest BCUT2D eigenvalue weighted by atomic mass is 32.1. The van der Waals surface area contributed by atoms with E-state index in [-0.39, 0.29) is 11.5 Å². The molecule has 2 nitrogen and oxygen atoms in total. The molecule has 15 heavy (non-hydrogen) atoms. The van der Waals surface area contributed by atoms with E-state index in [1.807, 2.05) is 6.92 Å². The third kappa shape index (κ3) is 3.55. The first-order valence-electron chi connectivity index (χ1n) is 4.92. The Morgan fingerprint density at radius 1 is 1.53 bits per heavy atom. The van der Waals surface area contributed by atoms with Gasteiger partial charge in [-0.2, -0.15) is 0 Å². The van der Waals surface area contributed by atoms with E-state index in [2.05, 4.69) is 17.9 Å². The highest BCUT2D eigenvalue weighted by Crippen LogP contribution is 2.13. The monoisotopic (exact) mass is 227 g/mol. The van der Waals surface area contributed by atoms with Gasteiger partial charge >= 0.3 is 0 Å². The quantitative estimate of drug-likeness (QED) is 0.601. The molecular formula is C11H14FNOS. The summed E-state index contributed by atoms with van der Waals surface area (Å²) in [4.78, 5) is 12.1. The Bertz CT molecular complexity index is 354. The van der Waals surface area contributed by atoms with E-state index >= 15 is 0 Å². The molecule has 0 aliphatic heterocycles. The third-order valence-corrected chi connectivity index (χ3v) is 2.29. The molecule has 0 saturated carbocycles. The number of hydrogen-bond donors (Lipinski definition) is 2. The molecule has 0 saturated heterocycles. The maximum atomic E-state index is 13.2. The van der Waals surface area contributed by atoms with Gasteiger partial charge in [-0.3, -0.25) is 4.79 Å². The molecule has 0 aromatic heterocycles. The number of thiol groups is 1. The largest absolute Gasteiger partial charge is 0.352 e. The van der Waals surface area contributed by atoms with Gasteiger partial charge in [-0.05, 0) is 24.6 Å². The topological polar surface area (TPSA) is 29.1 Å². The zero-order chi connectivity index (χ0) is 11.3. The minimum absolute atomic E-state index is 0.0543. The Morgan fingerprint density at radius 2 is 2.27 bits per heavy atom. The van der Waals surface area contributed by atoms with Crippen LogP contribution in [-0.2, 0) is 0 Å². The summed E-state index contributed by atoms with van der Waals surface area (Å²) in [5.41, 5.74) is 0.0543. The molecule has 0 atom stereocenters. The van der Waals surface area contributed by atoms with Gasteiger partial charge in [0, 0.05) is 11.4 Å². The van der Waals surface area contributed by atoms with E-state index in [4.69, 9.17) is 0 Å². The first-order valence-corrected chi connectivity index (χ1v) is 5.36. The Hall–Kier alpha value is -1.03. The number of unbranched alkanes of at least 4 members (excludes halogenated alkanes) is 1. The minimum Gasteiger partial charge on any atom is -0.352 e. The zero-order valence-electron chi connectivity index (χ0n) is 8.59. The number of nitrogens with one attached hydrogen (secondary N) is 1. The highest BCUT2D eigenvalue weighted by Gasteiger charge is 2.10. The van der Waals surface area contributed by atoms with Crippen LogP contribution in [0.2, 0.25) is 0 Å². The molecule has 0 aliphatic rings. The Morgan fingerprint density at radius 3 is 2.93 bits per heavy atom. The van der Waals surface area contributed by atoms with E-state index in [0.29, 0.717) is 11.4 Å². The van der Waals surface area contributed by atoms with Gasteiger partial charge in [-0.25, -0.2) is 4.39 Å². The first kappa shape index (κ1) is 12.0. The second-order valence-corrected chi connectivity index (χ2v) is 3.79. The molecule has 1 N–H and O–H groups in total. The number of carbonyl (C=O) groups is 1. The van der Waals surface area contributed by atoms with Crippen molar-refractivity contribution in [2.75, 3.05) is 6.54 Å². The maximum Gasteiger partial charge on any atom is 0.254 e. The number of amides is 1. The van der Waals surface area contributed by atoms with Crippen molar-refractivity contribution in [2.45, 2.75) is 24.7 Å². The number of benzene rings is 1. The van der Waals surface area contributed by atoms with Gasteiger partial charge in [0.15, 0.2) is 0 Å². The number of hydrogen-bond acceptors (Lipinski definition) is 2. The Kier molecular flexibility index (Phi) is 4.62. The second-order valence-electron chi connectivity index (χ2n) is 3.27. The summed E-state index contributed by atoms with van der Waals surface area (Å²) in [6.45, 7) is 2.60. The van der Waals surface area contributed by atoms with Crippen molar-refractivity contribution in [1.29, 1.82) is 0 Å². The smallest absolute Gasteiger partial charge is 0.254 e. The van der Waals surface area contributed by atoms with Crippen LogP contribution in [0.4, 0.5) is 4.39 Å². The molecule has 0 heterocycles. The molecule has 0 unspecified atom stereocenters. The minimum atomic E-state index is -0.512. The lowest BCUT2D eigenvalue weighted by molar-refractivity contribution is 0.0949. The summed E-state index contributed by atoms with van der Waals surface area (Å²) in [5.74, 6) is -0.890. The van der Waals surface area contributed by atoms with E-state index in [1.54, 1.807) is 0 Å². The van der Waals surface area contributed by atoms with E-state index in [0.717, 1.165) is 12.8 Å². The van der Waals surface area contributed by atoms with Gasteiger partial charge in [0.25, 0.3) is 5.91 Å². The van der Waals surface area contributed by atoms with Crippen LogP contribution in [0.1, 0.15) is 30.1 Å². The summed E-state index contributed by atoms with van der Waals surface area (Å²) >= 11 is 4.06. The summed E-state index contributed by atoms with van der Waals surface area (Å²) in [5, 5.41) is 2.66. The molecular weight excluding hydrogens is 213 g/mol. The molecule has 0 fully saturated rings. The van der Waals surface area contributed by atoms with Gasteiger partial charge in [0.2, 0.25) is 0 Å². The van der Waals surface area contributed by atoms with Gasteiger partial charge < -0.3 is 5.32 Å². The second kappa shape index (κ2) is 5.75. The van der Waals surface area contributed by atoms with Gasteiger partial charge in [0.05, 0.1) is 5.56 Å². The van der Waals surface area contributed by atoms with Crippen molar-refractivity contribution < 1.29 is 9.18 Å². The molecule has 1 aromatic rings. The van der Waals surface area contributed by atoms with Crippen molar-refractivity contribution >= 4 is 18.5 Å². The van der Waals surface area contributed by atoms with Crippen LogP contribution in [0.3, 0.4) is 0 Å². The lowest BCUT2D eigenvalue weighted by atomic mass is 10.2. The molecule has 0 radical (unpaired) electrons. The normalized spacial score (nSPS) is 10.1. The fourth-order valence-corrected chi connectivity index (χ4v) is 1.36. The lowest BCUT2D eigenvalue weighted by Crippen LogP contribution is -2.25. The number of rotatable bonds is 4. The molecule has 4 heteroatoms. The summed E-state index contributed by atoms with van der Waals surface area (Å²) in [7, 11) is 0. The predicted octanol–water partition coefficient (Wildman–Crippen LogP) is 2.64.